The minimum Gasteiger partial charge on any atom is -0.495 e. The molecule has 0 aromatic heterocycles. The Labute approximate surface area is 101 Å². The molecule has 0 aliphatic carbocycles. The molecule has 1 aromatic rings. The van der Waals surface area contributed by atoms with Crippen LogP contribution in [0.3, 0.4) is 0 Å². The van der Waals surface area contributed by atoms with Crippen molar-refractivity contribution in [2.45, 2.75) is 12.8 Å². The van der Waals surface area contributed by atoms with Gasteiger partial charge < -0.3 is 9.84 Å². The average Bonchev–Trinajstić information content (AvgIpc) is 2.13. The number of benzene rings is 1. The number of aliphatic carboxylic acids is 1. The summed E-state index contributed by atoms with van der Waals surface area (Å²) in [6.07, 6.45) is 0.459. The summed E-state index contributed by atoms with van der Waals surface area (Å²) in [5, 5.41) is 9.07. The number of carboxylic acids is 1. The molecule has 82 valence electrons. The first kappa shape index (κ1) is 12.3. The smallest absolute Gasteiger partial charge is 0.303 e. The van der Waals surface area contributed by atoms with E-state index >= 15 is 0 Å². The van der Waals surface area contributed by atoms with Crippen LogP contribution >= 0.6 is 27.5 Å². The fourth-order valence-electron chi connectivity index (χ4n) is 1.27. The zero-order valence-electron chi connectivity index (χ0n) is 8.09. The Hall–Kier alpha value is -0.740. The zero-order chi connectivity index (χ0) is 11.4. The third-order valence-electron chi connectivity index (χ3n) is 1.90. The first-order valence-corrected chi connectivity index (χ1v) is 5.45. The summed E-state index contributed by atoms with van der Waals surface area (Å²) in [5.41, 5.74) is 0.791. The van der Waals surface area contributed by atoms with E-state index in [4.69, 9.17) is 21.4 Å². The quantitative estimate of drug-likeness (QED) is 0.928. The van der Waals surface area contributed by atoms with E-state index in [0.29, 0.717) is 17.2 Å². The van der Waals surface area contributed by atoms with E-state index in [9.17, 15) is 4.79 Å². The number of aryl methyl sites for hydroxylation is 1. The number of halogens is 2. The standard InChI is InChI=1S/C10H10BrClO3/c1-15-10-6(2-3-9(13)14)4-7(11)5-8(10)12/h4-5H,2-3H2,1H3,(H,13,14). The van der Waals surface area contributed by atoms with Gasteiger partial charge in [0.25, 0.3) is 0 Å². The van der Waals surface area contributed by atoms with Crippen LogP contribution in [0, 0.1) is 0 Å². The predicted molar refractivity (Wildman–Crippen MR) is 61.7 cm³/mol. The molecule has 0 spiro atoms. The topological polar surface area (TPSA) is 46.5 Å². The molecule has 1 N–H and O–H groups in total. The fourth-order valence-corrected chi connectivity index (χ4v) is 2.22. The molecule has 0 bridgehead atoms. The number of rotatable bonds is 4. The molecule has 0 atom stereocenters. The first-order chi connectivity index (χ1) is 7.04. The Morgan fingerprint density at radius 2 is 2.27 bits per heavy atom. The molecule has 15 heavy (non-hydrogen) atoms. The minimum atomic E-state index is -0.840. The van der Waals surface area contributed by atoms with Gasteiger partial charge in [-0.2, -0.15) is 0 Å². The molecule has 0 aliphatic rings. The summed E-state index contributed by atoms with van der Waals surface area (Å²) in [7, 11) is 1.51. The van der Waals surface area contributed by atoms with Crippen molar-refractivity contribution in [1.29, 1.82) is 0 Å². The first-order valence-electron chi connectivity index (χ1n) is 4.28. The van der Waals surface area contributed by atoms with Crippen molar-refractivity contribution < 1.29 is 14.6 Å². The van der Waals surface area contributed by atoms with Crippen molar-refractivity contribution in [1.82, 2.24) is 0 Å². The number of carbonyl (C=O) groups is 1. The third kappa shape index (κ3) is 3.39. The summed E-state index contributed by atoms with van der Waals surface area (Å²) in [5.74, 6) is -0.297. The van der Waals surface area contributed by atoms with Gasteiger partial charge in [-0.25, -0.2) is 0 Å². The fraction of sp³-hybridized carbons (Fsp3) is 0.300. The highest BCUT2D eigenvalue weighted by atomic mass is 79.9. The van der Waals surface area contributed by atoms with Crippen molar-refractivity contribution in [2.75, 3.05) is 7.11 Å². The van der Waals surface area contributed by atoms with Gasteiger partial charge in [-0.3, -0.25) is 4.79 Å². The molecule has 0 fully saturated rings. The summed E-state index contributed by atoms with van der Waals surface area (Å²) in [6.45, 7) is 0. The molecule has 0 saturated heterocycles. The van der Waals surface area contributed by atoms with Gasteiger partial charge in [-0.1, -0.05) is 27.5 Å². The average molecular weight is 294 g/mol. The molecule has 1 rings (SSSR count). The Bertz CT molecular complexity index is 379. The van der Waals surface area contributed by atoms with Crippen LogP contribution in [0.15, 0.2) is 16.6 Å². The van der Waals surface area contributed by atoms with Crippen molar-refractivity contribution in [3.63, 3.8) is 0 Å². The molecule has 0 unspecified atom stereocenters. The Balaban J connectivity index is 2.98. The van der Waals surface area contributed by atoms with Gasteiger partial charge in [0.1, 0.15) is 5.75 Å². The summed E-state index contributed by atoms with van der Waals surface area (Å²) >= 11 is 9.24. The van der Waals surface area contributed by atoms with Gasteiger partial charge in [-0.05, 0) is 24.1 Å². The van der Waals surface area contributed by atoms with Crippen LogP contribution in [0.2, 0.25) is 5.02 Å². The van der Waals surface area contributed by atoms with Crippen molar-refractivity contribution in [3.05, 3.63) is 27.2 Å². The predicted octanol–water partition coefficient (Wildman–Crippen LogP) is 3.13. The molecule has 0 heterocycles. The molecule has 3 nitrogen and oxygen atoms in total. The van der Waals surface area contributed by atoms with E-state index in [-0.39, 0.29) is 6.42 Å². The van der Waals surface area contributed by atoms with E-state index in [1.54, 1.807) is 6.07 Å². The maximum absolute atomic E-state index is 10.5. The molecule has 0 amide bonds. The highest BCUT2D eigenvalue weighted by Gasteiger charge is 2.10. The number of hydrogen-bond donors (Lipinski definition) is 1. The van der Waals surface area contributed by atoms with Crippen molar-refractivity contribution in [3.8, 4) is 5.75 Å². The SMILES string of the molecule is COc1c(Cl)cc(Br)cc1CCC(=O)O. The summed E-state index contributed by atoms with van der Waals surface area (Å²) in [4.78, 5) is 10.5. The van der Waals surface area contributed by atoms with Gasteiger partial charge in [0.05, 0.1) is 12.1 Å². The second-order valence-electron chi connectivity index (χ2n) is 2.97. The van der Waals surface area contributed by atoms with Gasteiger partial charge in [0, 0.05) is 10.9 Å². The third-order valence-corrected chi connectivity index (χ3v) is 2.64. The minimum absolute atomic E-state index is 0.0587. The van der Waals surface area contributed by atoms with E-state index < -0.39 is 5.97 Å². The maximum Gasteiger partial charge on any atom is 0.303 e. The molecule has 0 saturated carbocycles. The number of ether oxygens (including phenoxy) is 1. The lowest BCUT2D eigenvalue weighted by molar-refractivity contribution is -0.136. The molecule has 0 radical (unpaired) electrons. The zero-order valence-corrected chi connectivity index (χ0v) is 10.4. The largest absolute Gasteiger partial charge is 0.495 e. The highest BCUT2D eigenvalue weighted by molar-refractivity contribution is 9.10. The Morgan fingerprint density at radius 1 is 1.60 bits per heavy atom. The Kier molecular flexibility index (Phi) is 4.42. The van der Waals surface area contributed by atoms with Crippen LogP contribution < -0.4 is 4.74 Å². The number of methoxy groups -OCH3 is 1. The van der Waals surface area contributed by atoms with Gasteiger partial charge in [0.15, 0.2) is 0 Å². The van der Waals surface area contributed by atoms with Crippen LogP contribution in [0.25, 0.3) is 0 Å². The van der Waals surface area contributed by atoms with Gasteiger partial charge in [-0.15, -0.1) is 0 Å². The lowest BCUT2D eigenvalue weighted by Gasteiger charge is -2.10. The lowest BCUT2D eigenvalue weighted by atomic mass is 10.1. The molecular formula is C10H10BrClO3. The molecule has 1 aromatic carbocycles. The highest BCUT2D eigenvalue weighted by Crippen LogP contribution is 2.32. The lowest BCUT2D eigenvalue weighted by Crippen LogP contribution is -2.00. The van der Waals surface area contributed by atoms with Crippen LogP contribution in [-0.2, 0) is 11.2 Å². The van der Waals surface area contributed by atoms with E-state index in [1.165, 1.54) is 7.11 Å². The van der Waals surface area contributed by atoms with Crippen molar-refractivity contribution >= 4 is 33.5 Å². The normalized spacial score (nSPS) is 10.1. The molecular weight excluding hydrogens is 283 g/mol. The molecule has 0 aliphatic heterocycles. The second kappa shape index (κ2) is 5.37. The summed E-state index contributed by atoms with van der Waals surface area (Å²) < 4.78 is 5.93. The molecule has 5 heteroatoms. The van der Waals surface area contributed by atoms with Crippen LogP contribution in [0.5, 0.6) is 5.75 Å². The van der Waals surface area contributed by atoms with E-state index in [0.717, 1.165) is 10.0 Å². The summed E-state index contributed by atoms with van der Waals surface area (Å²) in [6, 6.07) is 3.53. The van der Waals surface area contributed by atoms with Gasteiger partial charge >= 0.3 is 5.97 Å². The van der Waals surface area contributed by atoms with E-state index in [2.05, 4.69) is 15.9 Å². The number of carboxylic acid groups (broad SMARTS) is 1. The van der Waals surface area contributed by atoms with Crippen LogP contribution in [-0.4, -0.2) is 18.2 Å². The van der Waals surface area contributed by atoms with Crippen LogP contribution in [0.4, 0.5) is 0 Å². The number of hydrogen-bond acceptors (Lipinski definition) is 2. The monoisotopic (exact) mass is 292 g/mol. The van der Waals surface area contributed by atoms with Gasteiger partial charge in [0.2, 0.25) is 0 Å². The Morgan fingerprint density at radius 3 is 2.80 bits per heavy atom. The van der Waals surface area contributed by atoms with Crippen molar-refractivity contribution in [2.24, 2.45) is 0 Å². The second-order valence-corrected chi connectivity index (χ2v) is 4.30. The van der Waals surface area contributed by atoms with Crippen LogP contribution in [0.1, 0.15) is 12.0 Å². The van der Waals surface area contributed by atoms with E-state index in [1.807, 2.05) is 6.07 Å². The maximum atomic E-state index is 10.5.